The molecule has 54 heavy (non-hydrogen) atoms. The second-order valence-electron chi connectivity index (χ2n) is 14.6. The van der Waals surface area contributed by atoms with Crippen LogP contribution >= 0.6 is 0 Å². The van der Waals surface area contributed by atoms with Crippen molar-refractivity contribution in [2.45, 2.75) is 26.2 Å². The Morgan fingerprint density at radius 1 is 0.537 bits per heavy atom. The zero-order valence-electron chi connectivity index (χ0n) is 31.0. The number of hydrogen-bond acceptors (Lipinski definition) is 1. The van der Waals surface area contributed by atoms with Gasteiger partial charge in [0.1, 0.15) is 0 Å². The van der Waals surface area contributed by atoms with Gasteiger partial charge in [-0.15, -0.1) is 0 Å². The standard InChI is InChI=1S/C52H42N2/c1-5-15-48-44(6-2)45-32-31-43(35-49(45)52(48,3)4)53(41-27-22-37(23-28-41)36-16-9-7-10-17-36)42-29-24-38(25-30-42)39-26-33-51-47(34-39)46-20-13-14-21-50(46)54(51)40-18-11-8-12-19-40/h5-35H,1H2,2-4H3/b44-6-,48-15?. The van der Waals surface area contributed by atoms with E-state index in [2.05, 4.69) is 219 Å². The van der Waals surface area contributed by atoms with E-state index >= 15 is 0 Å². The Morgan fingerprint density at radius 3 is 1.76 bits per heavy atom. The molecule has 1 heterocycles. The van der Waals surface area contributed by atoms with Gasteiger partial charge in [0.25, 0.3) is 0 Å². The van der Waals surface area contributed by atoms with Crippen molar-refractivity contribution < 1.29 is 0 Å². The van der Waals surface area contributed by atoms with Gasteiger partial charge in [0.05, 0.1) is 11.0 Å². The van der Waals surface area contributed by atoms with Crippen LogP contribution in [0.3, 0.4) is 0 Å². The predicted molar refractivity (Wildman–Crippen MR) is 231 cm³/mol. The Bertz CT molecular complexity index is 2730. The number of benzene rings is 7. The van der Waals surface area contributed by atoms with Gasteiger partial charge >= 0.3 is 0 Å². The molecule has 0 N–H and O–H groups in total. The lowest BCUT2D eigenvalue weighted by molar-refractivity contribution is 0.661. The van der Waals surface area contributed by atoms with Crippen LogP contribution in [0.2, 0.25) is 0 Å². The molecule has 7 aromatic carbocycles. The molecule has 0 saturated carbocycles. The van der Waals surface area contributed by atoms with E-state index in [-0.39, 0.29) is 5.41 Å². The van der Waals surface area contributed by atoms with Crippen LogP contribution in [0, 0.1) is 0 Å². The fraction of sp³-hybridized carbons (Fsp3) is 0.0769. The van der Waals surface area contributed by atoms with Gasteiger partial charge < -0.3 is 9.47 Å². The molecule has 0 radical (unpaired) electrons. The Morgan fingerprint density at radius 2 is 1.09 bits per heavy atom. The molecule has 0 spiro atoms. The van der Waals surface area contributed by atoms with Crippen molar-refractivity contribution in [2.75, 3.05) is 4.90 Å². The highest BCUT2D eigenvalue weighted by atomic mass is 15.1. The first kappa shape index (κ1) is 33.2. The molecule has 9 rings (SSSR count). The largest absolute Gasteiger partial charge is 0.310 e. The molecule has 0 unspecified atom stereocenters. The maximum Gasteiger partial charge on any atom is 0.0541 e. The van der Waals surface area contributed by atoms with Crippen LogP contribution in [0.15, 0.2) is 200 Å². The van der Waals surface area contributed by atoms with Crippen molar-refractivity contribution in [3.63, 3.8) is 0 Å². The van der Waals surface area contributed by atoms with Crippen LogP contribution in [0.4, 0.5) is 17.1 Å². The fourth-order valence-electron chi connectivity index (χ4n) is 8.47. The molecular weight excluding hydrogens is 653 g/mol. The van der Waals surface area contributed by atoms with Gasteiger partial charge in [0.15, 0.2) is 0 Å². The van der Waals surface area contributed by atoms with Gasteiger partial charge in [0, 0.05) is 38.9 Å². The molecule has 0 atom stereocenters. The maximum atomic E-state index is 4.03. The summed E-state index contributed by atoms with van der Waals surface area (Å²) in [6.07, 6.45) is 6.32. The van der Waals surface area contributed by atoms with E-state index < -0.39 is 0 Å². The second kappa shape index (κ2) is 13.4. The van der Waals surface area contributed by atoms with Crippen LogP contribution < -0.4 is 4.90 Å². The third kappa shape index (κ3) is 5.50. The summed E-state index contributed by atoms with van der Waals surface area (Å²) in [5.41, 5.74) is 16.8. The molecule has 260 valence electrons. The van der Waals surface area contributed by atoms with E-state index in [1.165, 1.54) is 72.0 Å². The summed E-state index contributed by atoms with van der Waals surface area (Å²) < 4.78 is 2.37. The van der Waals surface area contributed by atoms with Crippen molar-refractivity contribution in [2.24, 2.45) is 0 Å². The van der Waals surface area contributed by atoms with E-state index in [1.54, 1.807) is 0 Å². The fourth-order valence-corrected chi connectivity index (χ4v) is 8.47. The SMILES string of the molecule is C=CC=C1/C(=C\C)c2ccc(N(c3ccc(-c4ccccc4)cc3)c3ccc(-c4ccc5c(c4)c4ccccc4n5-c4ccccc4)cc3)cc2C1(C)C. The molecule has 2 heteroatoms. The van der Waals surface area contributed by atoms with Crippen LogP contribution in [-0.4, -0.2) is 4.57 Å². The lowest BCUT2D eigenvalue weighted by Crippen LogP contribution is -2.16. The number of rotatable bonds is 7. The summed E-state index contributed by atoms with van der Waals surface area (Å²) in [5, 5.41) is 2.51. The number of para-hydroxylation sites is 2. The van der Waals surface area contributed by atoms with Gasteiger partial charge in [-0.25, -0.2) is 0 Å². The third-order valence-corrected chi connectivity index (χ3v) is 11.1. The first-order chi connectivity index (χ1) is 26.5. The average molecular weight is 695 g/mol. The molecule has 8 aromatic rings. The van der Waals surface area contributed by atoms with Crippen LogP contribution in [-0.2, 0) is 5.41 Å². The summed E-state index contributed by atoms with van der Waals surface area (Å²) in [6, 6.07) is 61.7. The normalized spacial score (nSPS) is 14.9. The number of allylic oxidation sites excluding steroid dienone is 5. The molecule has 0 fully saturated rings. The van der Waals surface area contributed by atoms with E-state index in [4.69, 9.17) is 0 Å². The molecular formula is C52H42N2. The molecule has 1 aromatic heterocycles. The van der Waals surface area contributed by atoms with Crippen LogP contribution in [0.25, 0.3) is 55.3 Å². The van der Waals surface area contributed by atoms with Gasteiger partial charge in [-0.2, -0.15) is 0 Å². The van der Waals surface area contributed by atoms with E-state index in [0.717, 1.165) is 17.1 Å². The Kier molecular flexibility index (Phi) is 8.24. The Labute approximate surface area is 318 Å². The highest BCUT2D eigenvalue weighted by Gasteiger charge is 2.38. The smallest absolute Gasteiger partial charge is 0.0541 e. The second-order valence-corrected chi connectivity index (χ2v) is 14.6. The zero-order valence-corrected chi connectivity index (χ0v) is 31.0. The first-order valence-electron chi connectivity index (χ1n) is 18.8. The van der Waals surface area contributed by atoms with Crippen molar-refractivity contribution in [3.05, 3.63) is 211 Å². The first-order valence-corrected chi connectivity index (χ1v) is 18.8. The van der Waals surface area contributed by atoms with Crippen molar-refractivity contribution in [3.8, 4) is 27.9 Å². The average Bonchev–Trinajstić information content (AvgIpc) is 3.66. The maximum absolute atomic E-state index is 4.03. The van der Waals surface area contributed by atoms with Crippen molar-refractivity contribution in [1.29, 1.82) is 0 Å². The minimum atomic E-state index is -0.156. The topological polar surface area (TPSA) is 8.17 Å². The van der Waals surface area contributed by atoms with Gasteiger partial charge in [-0.3, -0.25) is 0 Å². The quantitative estimate of drug-likeness (QED) is 0.161. The number of hydrogen-bond donors (Lipinski definition) is 0. The van der Waals surface area contributed by atoms with Crippen LogP contribution in [0.1, 0.15) is 31.9 Å². The predicted octanol–water partition coefficient (Wildman–Crippen LogP) is 14.4. The lowest BCUT2D eigenvalue weighted by atomic mass is 9.81. The van der Waals surface area contributed by atoms with E-state index in [1.807, 2.05) is 6.08 Å². The Hall–Kier alpha value is -6.64. The van der Waals surface area contributed by atoms with Gasteiger partial charge in [-0.05, 0) is 118 Å². The molecule has 1 aliphatic carbocycles. The summed E-state index contributed by atoms with van der Waals surface area (Å²) in [4.78, 5) is 2.39. The minimum absolute atomic E-state index is 0.156. The van der Waals surface area contributed by atoms with Crippen molar-refractivity contribution in [1.82, 2.24) is 4.57 Å². The number of fused-ring (bicyclic) bond motifs is 4. The lowest BCUT2D eigenvalue weighted by Gasteiger charge is -2.28. The summed E-state index contributed by atoms with van der Waals surface area (Å²) in [6.45, 7) is 10.8. The summed E-state index contributed by atoms with van der Waals surface area (Å²) in [7, 11) is 0. The number of nitrogens with zero attached hydrogens (tertiary/aromatic N) is 2. The molecule has 0 bridgehead atoms. The van der Waals surface area contributed by atoms with E-state index in [9.17, 15) is 0 Å². The van der Waals surface area contributed by atoms with Gasteiger partial charge in [0.2, 0.25) is 0 Å². The monoisotopic (exact) mass is 694 g/mol. The minimum Gasteiger partial charge on any atom is -0.310 e. The van der Waals surface area contributed by atoms with Crippen LogP contribution in [0.5, 0.6) is 0 Å². The summed E-state index contributed by atoms with van der Waals surface area (Å²) in [5.74, 6) is 0. The molecule has 1 aliphatic rings. The van der Waals surface area contributed by atoms with Crippen molar-refractivity contribution >= 4 is 44.4 Å². The van der Waals surface area contributed by atoms with Gasteiger partial charge in [-0.1, -0.05) is 142 Å². The molecule has 0 amide bonds. The zero-order chi connectivity index (χ0) is 36.8. The third-order valence-electron chi connectivity index (χ3n) is 11.1. The molecule has 0 saturated heterocycles. The Balaban J connectivity index is 1.14. The highest BCUT2D eigenvalue weighted by Crippen LogP contribution is 2.51. The molecule has 0 aliphatic heterocycles. The highest BCUT2D eigenvalue weighted by molar-refractivity contribution is 6.10. The van der Waals surface area contributed by atoms with E-state index in [0.29, 0.717) is 0 Å². The summed E-state index contributed by atoms with van der Waals surface area (Å²) >= 11 is 0. The number of aromatic nitrogens is 1. The number of anilines is 3. The molecule has 2 nitrogen and oxygen atoms in total.